The summed E-state index contributed by atoms with van der Waals surface area (Å²) in [6.45, 7) is 0.655. The average molecular weight is 264 g/mol. The van der Waals surface area contributed by atoms with Crippen LogP contribution < -0.4 is 11.1 Å². The smallest absolute Gasteiger partial charge is 0.329 e. The van der Waals surface area contributed by atoms with E-state index >= 15 is 0 Å². The van der Waals surface area contributed by atoms with Gasteiger partial charge in [-0.3, -0.25) is 4.79 Å². The third kappa shape index (κ3) is 2.85. The number of amides is 1. The van der Waals surface area contributed by atoms with Crippen LogP contribution in [-0.4, -0.2) is 35.7 Å². The van der Waals surface area contributed by atoms with E-state index in [1.807, 2.05) is 0 Å². The maximum absolute atomic E-state index is 12.1. The van der Waals surface area contributed by atoms with Gasteiger partial charge in [-0.15, -0.1) is 0 Å². The molecule has 0 atom stereocenters. The first-order valence-corrected chi connectivity index (χ1v) is 6.03. The quantitative estimate of drug-likeness (QED) is 0.695. The van der Waals surface area contributed by atoms with Gasteiger partial charge in [-0.1, -0.05) is 0 Å². The number of benzene rings is 1. The molecule has 0 unspecified atom stereocenters. The first-order chi connectivity index (χ1) is 9.03. The van der Waals surface area contributed by atoms with Crippen molar-refractivity contribution in [3.8, 4) is 0 Å². The summed E-state index contributed by atoms with van der Waals surface area (Å²) in [6, 6.07) is 6.34. The molecule has 0 spiro atoms. The number of carboxylic acid groups (broad SMARTS) is 1. The Morgan fingerprint density at radius 2 is 1.79 bits per heavy atom. The fraction of sp³-hybridized carbons (Fsp3) is 0.385. The van der Waals surface area contributed by atoms with E-state index in [9.17, 15) is 14.7 Å². The van der Waals surface area contributed by atoms with Crippen LogP contribution in [0.15, 0.2) is 24.3 Å². The van der Waals surface area contributed by atoms with Gasteiger partial charge in [-0.2, -0.15) is 0 Å². The summed E-state index contributed by atoms with van der Waals surface area (Å²) in [5.74, 6) is -1.44. The van der Waals surface area contributed by atoms with E-state index < -0.39 is 17.4 Å². The van der Waals surface area contributed by atoms with E-state index in [1.54, 1.807) is 24.3 Å². The molecule has 0 bridgehead atoms. The van der Waals surface area contributed by atoms with Crippen molar-refractivity contribution in [2.75, 3.05) is 18.9 Å². The highest BCUT2D eigenvalue weighted by atomic mass is 16.5. The Morgan fingerprint density at radius 3 is 2.32 bits per heavy atom. The Balaban J connectivity index is 2.15. The lowest BCUT2D eigenvalue weighted by Crippen LogP contribution is -2.57. The Labute approximate surface area is 110 Å². The lowest BCUT2D eigenvalue weighted by atomic mass is 9.89. The second kappa shape index (κ2) is 5.27. The second-order valence-corrected chi connectivity index (χ2v) is 4.58. The van der Waals surface area contributed by atoms with Crippen LogP contribution in [0.4, 0.5) is 5.69 Å². The van der Waals surface area contributed by atoms with E-state index in [0.29, 0.717) is 24.5 Å². The summed E-state index contributed by atoms with van der Waals surface area (Å²) < 4.78 is 5.15. The number of anilines is 1. The van der Waals surface area contributed by atoms with Gasteiger partial charge in [-0.05, 0) is 24.3 Å². The molecule has 4 N–H and O–H groups in total. The van der Waals surface area contributed by atoms with Crippen LogP contribution in [0.1, 0.15) is 23.2 Å². The lowest BCUT2D eigenvalue weighted by Gasteiger charge is -2.33. The summed E-state index contributed by atoms with van der Waals surface area (Å²) in [7, 11) is 0. The molecule has 1 aliphatic rings. The number of carbonyl (C=O) groups is 2. The molecule has 0 saturated carbocycles. The van der Waals surface area contributed by atoms with Gasteiger partial charge in [0.05, 0.1) is 0 Å². The molecular formula is C13H16N2O4. The van der Waals surface area contributed by atoms with Crippen molar-refractivity contribution >= 4 is 17.6 Å². The molecule has 6 heteroatoms. The molecule has 1 fully saturated rings. The van der Waals surface area contributed by atoms with Crippen molar-refractivity contribution in [3.63, 3.8) is 0 Å². The summed E-state index contributed by atoms with van der Waals surface area (Å²) >= 11 is 0. The third-order valence-electron chi connectivity index (χ3n) is 3.28. The highest BCUT2D eigenvalue weighted by Crippen LogP contribution is 2.22. The Kier molecular flexibility index (Phi) is 3.71. The zero-order valence-corrected chi connectivity index (χ0v) is 10.4. The van der Waals surface area contributed by atoms with Crippen LogP contribution in [0.3, 0.4) is 0 Å². The number of carboxylic acids is 1. The molecule has 0 aliphatic carbocycles. The van der Waals surface area contributed by atoms with Gasteiger partial charge in [0.1, 0.15) is 5.54 Å². The highest BCUT2D eigenvalue weighted by molar-refractivity contribution is 5.98. The van der Waals surface area contributed by atoms with E-state index in [2.05, 4.69) is 5.32 Å². The number of carbonyl (C=O) groups excluding carboxylic acids is 1. The van der Waals surface area contributed by atoms with Crippen LogP contribution in [-0.2, 0) is 9.53 Å². The van der Waals surface area contributed by atoms with Crippen molar-refractivity contribution < 1.29 is 19.4 Å². The van der Waals surface area contributed by atoms with Crippen LogP contribution in [0.2, 0.25) is 0 Å². The summed E-state index contributed by atoms with van der Waals surface area (Å²) in [5.41, 5.74) is 5.25. The number of nitrogen functional groups attached to an aromatic ring is 1. The second-order valence-electron chi connectivity index (χ2n) is 4.58. The molecule has 1 saturated heterocycles. The van der Waals surface area contributed by atoms with Gasteiger partial charge in [0.25, 0.3) is 5.91 Å². The largest absolute Gasteiger partial charge is 0.480 e. The molecule has 1 aromatic carbocycles. The Bertz CT molecular complexity index is 478. The number of ether oxygens (including phenoxy) is 1. The fourth-order valence-corrected chi connectivity index (χ4v) is 2.04. The van der Waals surface area contributed by atoms with Crippen LogP contribution in [0.25, 0.3) is 0 Å². The first-order valence-electron chi connectivity index (χ1n) is 6.03. The van der Waals surface area contributed by atoms with Crippen LogP contribution in [0, 0.1) is 0 Å². The summed E-state index contributed by atoms with van der Waals surface area (Å²) in [4.78, 5) is 23.5. The van der Waals surface area contributed by atoms with Crippen molar-refractivity contribution in [2.45, 2.75) is 18.4 Å². The average Bonchev–Trinajstić information content (AvgIpc) is 2.40. The zero-order chi connectivity index (χ0) is 13.9. The maximum Gasteiger partial charge on any atom is 0.329 e. The SMILES string of the molecule is Nc1ccc(C(=O)NC2(C(=O)O)CCOCC2)cc1. The minimum absolute atomic E-state index is 0.267. The minimum Gasteiger partial charge on any atom is -0.480 e. The van der Waals surface area contributed by atoms with Gasteiger partial charge in [0, 0.05) is 37.3 Å². The molecule has 2 rings (SSSR count). The number of nitrogens with one attached hydrogen (secondary N) is 1. The summed E-state index contributed by atoms with van der Waals surface area (Å²) in [5, 5.41) is 11.9. The standard InChI is InChI=1S/C13H16N2O4/c14-10-3-1-9(2-4-10)11(16)15-13(12(17)18)5-7-19-8-6-13/h1-4H,5-8,14H2,(H,15,16)(H,17,18). The molecule has 102 valence electrons. The molecular weight excluding hydrogens is 248 g/mol. The number of nitrogens with two attached hydrogens (primary N) is 1. The number of hydrogen-bond acceptors (Lipinski definition) is 4. The van der Waals surface area contributed by atoms with Crippen molar-refractivity contribution in [1.29, 1.82) is 0 Å². The molecule has 19 heavy (non-hydrogen) atoms. The molecule has 1 heterocycles. The predicted molar refractivity (Wildman–Crippen MR) is 68.7 cm³/mol. The first kappa shape index (κ1) is 13.4. The number of hydrogen-bond donors (Lipinski definition) is 3. The zero-order valence-electron chi connectivity index (χ0n) is 10.4. The van der Waals surface area contributed by atoms with E-state index in [-0.39, 0.29) is 12.8 Å². The third-order valence-corrected chi connectivity index (χ3v) is 3.28. The van der Waals surface area contributed by atoms with Crippen molar-refractivity contribution in [2.24, 2.45) is 0 Å². The van der Waals surface area contributed by atoms with Crippen molar-refractivity contribution in [3.05, 3.63) is 29.8 Å². The number of rotatable bonds is 3. The Hall–Kier alpha value is -2.08. The van der Waals surface area contributed by atoms with Gasteiger partial charge in [0.15, 0.2) is 0 Å². The van der Waals surface area contributed by atoms with E-state index in [0.717, 1.165) is 0 Å². The number of aliphatic carboxylic acids is 1. The van der Waals surface area contributed by atoms with Crippen molar-refractivity contribution in [1.82, 2.24) is 5.32 Å². The Morgan fingerprint density at radius 1 is 1.21 bits per heavy atom. The topological polar surface area (TPSA) is 102 Å². The molecule has 0 aromatic heterocycles. The predicted octanol–water partition coefficient (Wildman–Crippen LogP) is 0.632. The lowest BCUT2D eigenvalue weighted by molar-refractivity contribution is -0.148. The fourth-order valence-electron chi connectivity index (χ4n) is 2.04. The van der Waals surface area contributed by atoms with E-state index in [1.165, 1.54) is 0 Å². The van der Waals surface area contributed by atoms with Gasteiger partial charge in [-0.25, -0.2) is 4.79 Å². The normalized spacial score (nSPS) is 17.7. The molecule has 0 radical (unpaired) electrons. The minimum atomic E-state index is -1.24. The highest BCUT2D eigenvalue weighted by Gasteiger charge is 2.41. The van der Waals surface area contributed by atoms with Crippen LogP contribution in [0.5, 0.6) is 0 Å². The summed E-state index contributed by atoms with van der Waals surface area (Å²) in [6.07, 6.45) is 0.534. The van der Waals surface area contributed by atoms with Gasteiger partial charge < -0.3 is 20.9 Å². The molecule has 1 amide bonds. The van der Waals surface area contributed by atoms with Crippen LogP contribution >= 0.6 is 0 Å². The maximum atomic E-state index is 12.1. The monoisotopic (exact) mass is 264 g/mol. The molecule has 6 nitrogen and oxygen atoms in total. The van der Waals surface area contributed by atoms with E-state index in [4.69, 9.17) is 10.5 Å². The molecule has 1 aliphatic heterocycles. The molecule has 1 aromatic rings. The van der Waals surface area contributed by atoms with Gasteiger partial charge >= 0.3 is 5.97 Å². The van der Waals surface area contributed by atoms with Gasteiger partial charge in [0.2, 0.25) is 0 Å².